The molecule has 98 valence electrons. The Morgan fingerprint density at radius 3 is 2.61 bits per heavy atom. The first kappa shape index (κ1) is 14.1. The molecule has 1 aromatic rings. The molecular weight excluding hydrogens is 230 g/mol. The zero-order chi connectivity index (χ0) is 13.5. The van der Waals surface area contributed by atoms with E-state index >= 15 is 0 Å². The van der Waals surface area contributed by atoms with Crippen LogP contribution < -0.4 is 14.8 Å². The van der Waals surface area contributed by atoms with E-state index in [4.69, 9.17) is 9.47 Å². The molecular formula is C14H19NO3. The third kappa shape index (κ3) is 3.52. The Hall–Kier alpha value is -1.97. The molecule has 1 atom stereocenters. The van der Waals surface area contributed by atoms with Crippen molar-refractivity contribution in [3.8, 4) is 11.5 Å². The summed E-state index contributed by atoms with van der Waals surface area (Å²) in [6, 6.07) is 5.35. The molecule has 0 aliphatic carbocycles. The standard InChI is InChI=1S/C14H19NO3/c1-5-6-14(16)15-10(2)12-9-11(17-3)7-8-13(12)18-4/h5-10H,1-4H3,(H,15,16). The molecule has 1 rings (SSSR count). The Kier molecular flexibility index (Phi) is 5.24. The molecule has 0 radical (unpaired) electrons. The highest BCUT2D eigenvalue weighted by Crippen LogP contribution is 2.29. The fraction of sp³-hybridized carbons (Fsp3) is 0.357. The average Bonchev–Trinajstić information content (AvgIpc) is 2.38. The maximum atomic E-state index is 11.5. The first-order valence-corrected chi connectivity index (χ1v) is 5.77. The lowest BCUT2D eigenvalue weighted by Gasteiger charge is -2.17. The van der Waals surface area contributed by atoms with Gasteiger partial charge in [0.05, 0.1) is 20.3 Å². The van der Waals surface area contributed by atoms with Crippen molar-refractivity contribution in [1.82, 2.24) is 5.32 Å². The molecule has 4 heteroatoms. The van der Waals surface area contributed by atoms with Crippen LogP contribution in [0.25, 0.3) is 0 Å². The fourth-order valence-corrected chi connectivity index (χ4v) is 1.67. The van der Waals surface area contributed by atoms with Crippen molar-refractivity contribution in [1.29, 1.82) is 0 Å². The van der Waals surface area contributed by atoms with Crippen molar-refractivity contribution in [3.63, 3.8) is 0 Å². The minimum absolute atomic E-state index is 0.130. The van der Waals surface area contributed by atoms with Gasteiger partial charge in [0, 0.05) is 5.56 Å². The van der Waals surface area contributed by atoms with Crippen LogP contribution in [0.5, 0.6) is 11.5 Å². The number of allylic oxidation sites excluding steroid dienone is 1. The number of carbonyl (C=O) groups excluding carboxylic acids is 1. The molecule has 18 heavy (non-hydrogen) atoms. The summed E-state index contributed by atoms with van der Waals surface area (Å²) in [5.74, 6) is 1.33. The quantitative estimate of drug-likeness (QED) is 0.815. The monoisotopic (exact) mass is 249 g/mol. The third-order valence-corrected chi connectivity index (χ3v) is 2.58. The van der Waals surface area contributed by atoms with Crippen LogP contribution in [-0.4, -0.2) is 20.1 Å². The van der Waals surface area contributed by atoms with Gasteiger partial charge in [-0.1, -0.05) is 6.08 Å². The molecule has 0 heterocycles. The molecule has 0 saturated heterocycles. The van der Waals surface area contributed by atoms with Crippen molar-refractivity contribution in [2.45, 2.75) is 19.9 Å². The number of hydrogen-bond acceptors (Lipinski definition) is 3. The third-order valence-electron chi connectivity index (χ3n) is 2.58. The zero-order valence-electron chi connectivity index (χ0n) is 11.2. The van der Waals surface area contributed by atoms with Crippen LogP contribution in [0.15, 0.2) is 30.4 Å². The highest BCUT2D eigenvalue weighted by atomic mass is 16.5. The Morgan fingerprint density at radius 1 is 1.33 bits per heavy atom. The van der Waals surface area contributed by atoms with Gasteiger partial charge in [-0.3, -0.25) is 4.79 Å². The molecule has 0 spiro atoms. The Balaban J connectivity index is 2.95. The van der Waals surface area contributed by atoms with Crippen molar-refractivity contribution in [2.24, 2.45) is 0 Å². The van der Waals surface area contributed by atoms with Gasteiger partial charge in [0.1, 0.15) is 11.5 Å². The maximum Gasteiger partial charge on any atom is 0.244 e. The van der Waals surface area contributed by atoms with E-state index in [0.29, 0.717) is 0 Å². The smallest absolute Gasteiger partial charge is 0.244 e. The van der Waals surface area contributed by atoms with E-state index < -0.39 is 0 Å². The number of methoxy groups -OCH3 is 2. The van der Waals surface area contributed by atoms with Gasteiger partial charge in [-0.05, 0) is 38.1 Å². The lowest BCUT2D eigenvalue weighted by molar-refractivity contribution is -0.117. The van der Waals surface area contributed by atoms with Gasteiger partial charge in [0.15, 0.2) is 0 Å². The minimum Gasteiger partial charge on any atom is -0.497 e. The lowest BCUT2D eigenvalue weighted by atomic mass is 10.1. The van der Waals surface area contributed by atoms with Gasteiger partial charge < -0.3 is 14.8 Å². The van der Waals surface area contributed by atoms with Crippen LogP contribution in [0.4, 0.5) is 0 Å². The summed E-state index contributed by atoms with van der Waals surface area (Å²) in [6.45, 7) is 3.70. The molecule has 0 aromatic heterocycles. The summed E-state index contributed by atoms with van der Waals surface area (Å²) in [4.78, 5) is 11.5. The summed E-state index contributed by atoms with van der Waals surface area (Å²) in [7, 11) is 3.21. The van der Waals surface area contributed by atoms with E-state index in [0.717, 1.165) is 17.1 Å². The van der Waals surface area contributed by atoms with Gasteiger partial charge in [-0.15, -0.1) is 0 Å². The summed E-state index contributed by atoms with van der Waals surface area (Å²) in [5, 5.41) is 2.86. The predicted octanol–water partition coefficient (Wildman–Crippen LogP) is 2.46. The summed E-state index contributed by atoms with van der Waals surface area (Å²) >= 11 is 0. The Morgan fingerprint density at radius 2 is 2.06 bits per heavy atom. The Bertz CT molecular complexity index is 441. The highest BCUT2D eigenvalue weighted by molar-refractivity contribution is 5.87. The van der Waals surface area contributed by atoms with Crippen LogP contribution in [0.3, 0.4) is 0 Å². The second kappa shape index (κ2) is 6.69. The molecule has 1 N–H and O–H groups in total. The Labute approximate surface area is 108 Å². The second-order valence-electron chi connectivity index (χ2n) is 3.84. The fourth-order valence-electron chi connectivity index (χ4n) is 1.67. The number of benzene rings is 1. The van der Waals surface area contributed by atoms with Gasteiger partial charge >= 0.3 is 0 Å². The van der Waals surface area contributed by atoms with Crippen LogP contribution in [0.2, 0.25) is 0 Å². The summed E-state index contributed by atoms with van der Waals surface area (Å²) in [6.07, 6.45) is 3.19. The molecule has 0 bridgehead atoms. The van der Waals surface area contributed by atoms with E-state index in [9.17, 15) is 4.79 Å². The van der Waals surface area contributed by atoms with E-state index in [2.05, 4.69) is 5.32 Å². The number of carbonyl (C=O) groups is 1. The lowest BCUT2D eigenvalue weighted by Crippen LogP contribution is -2.25. The van der Waals surface area contributed by atoms with Crippen molar-refractivity contribution >= 4 is 5.91 Å². The second-order valence-corrected chi connectivity index (χ2v) is 3.84. The first-order valence-electron chi connectivity index (χ1n) is 5.77. The molecule has 1 amide bonds. The molecule has 0 saturated carbocycles. The maximum absolute atomic E-state index is 11.5. The number of amides is 1. The van der Waals surface area contributed by atoms with Crippen LogP contribution in [0, 0.1) is 0 Å². The normalized spacial score (nSPS) is 12.2. The summed E-state index contributed by atoms with van der Waals surface area (Å²) < 4.78 is 10.5. The molecule has 1 aromatic carbocycles. The van der Waals surface area contributed by atoms with Crippen molar-refractivity contribution in [3.05, 3.63) is 35.9 Å². The topological polar surface area (TPSA) is 47.6 Å². The van der Waals surface area contributed by atoms with Crippen LogP contribution in [-0.2, 0) is 4.79 Å². The number of ether oxygens (including phenoxy) is 2. The van der Waals surface area contributed by atoms with Crippen molar-refractivity contribution < 1.29 is 14.3 Å². The van der Waals surface area contributed by atoms with E-state index in [1.165, 1.54) is 6.08 Å². The number of nitrogens with one attached hydrogen (secondary N) is 1. The highest BCUT2D eigenvalue weighted by Gasteiger charge is 2.13. The van der Waals surface area contributed by atoms with Gasteiger partial charge in [-0.25, -0.2) is 0 Å². The largest absolute Gasteiger partial charge is 0.497 e. The molecule has 4 nitrogen and oxygen atoms in total. The molecule has 0 aliphatic rings. The number of hydrogen-bond donors (Lipinski definition) is 1. The van der Waals surface area contributed by atoms with E-state index in [1.807, 2.05) is 25.1 Å². The SMILES string of the molecule is CC=CC(=O)NC(C)c1cc(OC)ccc1OC. The molecule has 1 unspecified atom stereocenters. The van der Waals surface area contributed by atoms with Gasteiger partial charge in [-0.2, -0.15) is 0 Å². The summed E-state index contributed by atoms with van der Waals surface area (Å²) in [5.41, 5.74) is 0.884. The number of rotatable bonds is 5. The average molecular weight is 249 g/mol. The minimum atomic E-state index is -0.154. The van der Waals surface area contributed by atoms with E-state index in [1.54, 1.807) is 27.2 Å². The first-order chi connectivity index (χ1) is 8.62. The predicted molar refractivity (Wildman–Crippen MR) is 70.9 cm³/mol. The zero-order valence-corrected chi connectivity index (χ0v) is 11.2. The molecule has 0 fully saturated rings. The van der Waals surface area contributed by atoms with Crippen LogP contribution >= 0.6 is 0 Å². The van der Waals surface area contributed by atoms with Crippen molar-refractivity contribution in [2.75, 3.05) is 14.2 Å². The van der Waals surface area contributed by atoms with Gasteiger partial charge in [0.25, 0.3) is 0 Å². The molecule has 0 aliphatic heterocycles. The van der Waals surface area contributed by atoms with Crippen LogP contribution in [0.1, 0.15) is 25.5 Å². The van der Waals surface area contributed by atoms with E-state index in [-0.39, 0.29) is 11.9 Å². The van der Waals surface area contributed by atoms with Gasteiger partial charge in [0.2, 0.25) is 5.91 Å².